The van der Waals surface area contributed by atoms with Crippen molar-refractivity contribution in [2.75, 3.05) is 0 Å². The average Bonchev–Trinajstić information content (AvgIpc) is 3.01. The Kier molecular flexibility index (Phi) is 3.60. The lowest BCUT2D eigenvalue weighted by Gasteiger charge is -1.98. The van der Waals surface area contributed by atoms with E-state index in [2.05, 4.69) is 12.2 Å². The third-order valence-corrected chi connectivity index (χ3v) is 4.33. The van der Waals surface area contributed by atoms with Gasteiger partial charge in [0.1, 0.15) is 0 Å². The van der Waals surface area contributed by atoms with Crippen LogP contribution in [0.4, 0.5) is 0 Å². The van der Waals surface area contributed by atoms with Crippen LogP contribution in [0.3, 0.4) is 0 Å². The van der Waals surface area contributed by atoms with Gasteiger partial charge in [0.15, 0.2) is 0 Å². The van der Waals surface area contributed by atoms with Crippen LogP contribution >= 0.6 is 13.5 Å². The van der Waals surface area contributed by atoms with E-state index in [-0.39, 0.29) is 13.5 Å². The van der Waals surface area contributed by atoms with E-state index in [9.17, 15) is 0 Å². The summed E-state index contributed by atoms with van der Waals surface area (Å²) in [6, 6.07) is 0. The van der Waals surface area contributed by atoms with Crippen molar-refractivity contribution >= 4 is 13.5 Å². The molecule has 15 heavy (non-hydrogen) atoms. The third kappa shape index (κ3) is 2.50. The van der Waals surface area contributed by atoms with Gasteiger partial charge in [-0.25, -0.2) is 0 Å². The monoisotopic (exact) mass is 222 g/mol. The molecular formula is C14H22S. The molecule has 0 saturated heterocycles. The zero-order chi connectivity index (χ0) is 9.38. The summed E-state index contributed by atoms with van der Waals surface area (Å²) in [6.45, 7) is 0. The van der Waals surface area contributed by atoms with Crippen molar-refractivity contribution in [3.63, 3.8) is 0 Å². The molecule has 4 bridgehead atoms. The predicted octanol–water partition coefficient (Wildman–Crippen LogP) is 4.35. The lowest BCUT2D eigenvalue weighted by atomic mass is 10.1. The smallest absolute Gasteiger partial charge is 0.0289 e. The summed E-state index contributed by atoms with van der Waals surface area (Å²) in [7, 11) is 0. The minimum absolute atomic E-state index is 0. The maximum Gasteiger partial charge on any atom is -0.0289 e. The highest BCUT2D eigenvalue weighted by molar-refractivity contribution is 7.59. The Bertz CT molecular complexity index is 258. The molecule has 84 valence electrons. The molecule has 1 heteroatoms. The van der Waals surface area contributed by atoms with Gasteiger partial charge in [-0.2, -0.15) is 13.5 Å². The van der Waals surface area contributed by atoms with Crippen LogP contribution in [0.2, 0.25) is 0 Å². The standard InChI is InChI=1S/2C7H10.H2S/c2*1-2-7-4-3-6(1)5-7;/h2*1,7H,2-5H2;1H2. The van der Waals surface area contributed by atoms with Gasteiger partial charge in [-0.3, -0.25) is 0 Å². The van der Waals surface area contributed by atoms with Crippen LogP contribution in [-0.4, -0.2) is 0 Å². The zero-order valence-corrected chi connectivity index (χ0v) is 10.5. The molecule has 0 heterocycles. The number of hydrogen-bond acceptors (Lipinski definition) is 0. The first-order valence-corrected chi connectivity index (χ1v) is 6.26. The van der Waals surface area contributed by atoms with Gasteiger partial charge in [0.2, 0.25) is 0 Å². The van der Waals surface area contributed by atoms with E-state index in [1.54, 1.807) is 11.1 Å². The van der Waals surface area contributed by atoms with Gasteiger partial charge in [-0.1, -0.05) is 23.3 Å². The molecule has 0 amide bonds. The van der Waals surface area contributed by atoms with E-state index in [4.69, 9.17) is 0 Å². The van der Waals surface area contributed by atoms with Gasteiger partial charge in [-0.15, -0.1) is 0 Å². The Morgan fingerprint density at radius 3 is 1.33 bits per heavy atom. The molecule has 0 aromatic carbocycles. The van der Waals surface area contributed by atoms with E-state index in [0.717, 1.165) is 11.8 Å². The molecule has 0 nitrogen and oxygen atoms in total. The van der Waals surface area contributed by atoms with Gasteiger partial charge in [0.05, 0.1) is 0 Å². The largest absolute Gasteiger partial charge is 0.197 e. The van der Waals surface area contributed by atoms with Crippen molar-refractivity contribution in [3.05, 3.63) is 23.3 Å². The first-order valence-electron chi connectivity index (χ1n) is 6.26. The molecule has 2 atom stereocenters. The second-order valence-electron chi connectivity index (χ2n) is 5.41. The third-order valence-electron chi connectivity index (χ3n) is 4.33. The molecule has 0 aromatic rings. The van der Waals surface area contributed by atoms with E-state index < -0.39 is 0 Å². The van der Waals surface area contributed by atoms with Crippen LogP contribution in [0, 0.1) is 11.8 Å². The molecule has 0 N–H and O–H groups in total. The summed E-state index contributed by atoms with van der Waals surface area (Å²) >= 11 is 0. The normalized spacial score (nSPS) is 34.1. The van der Waals surface area contributed by atoms with Crippen molar-refractivity contribution in [2.45, 2.75) is 51.4 Å². The Morgan fingerprint density at radius 2 is 1.27 bits per heavy atom. The van der Waals surface area contributed by atoms with Crippen LogP contribution < -0.4 is 0 Å². The minimum Gasteiger partial charge on any atom is -0.197 e. The maximum absolute atomic E-state index is 2.42. The lowest BCUT2D eigenvalue weighted by Crippen LogP contribution is -1.85. The quantitative estimate of drug-likeness (QED) is 0.535. The number of allylic oxidation sites excluding steroid dienone is 4. The zero-order valence-electron chi connectivity index (χ0n) is 9.47. The van der Waals surface area contributed by atoms with Crippen LogP contribution in [0.25, 0.3) is 0 Å². The summed E-state index contributed by atoms with van der Waals surface area (Å²) in [6.07, 6.45) is 16.4. The molecule has 0 aromatic heterocycles. The molecule has 0 aliphatic heterocycles. The molecule has 4 aliphatic rings. The average molecular weight is 222 g/mol. The Balaban J connectivity index is 0.000000107. The highest BCUT2D eigenvalue weighted by atomic mass is 32.1. The lowest BCUT2D eigenvalue weighted by molar-refractivity contribution is 0.576. The van der Waals surface area contributed by atoms with Crippen molar-refractivity contribution in [2.24, 2.45) is 11.8 Å². The number of hydrogen-bond donors (Lipinski definition) is 0. The molecule has 0 radical (unpaired) electrons. The first-order chi connectivity index (χ1) is 6.90. The van der Waals surface area contributed by atoms with Gasteiger partial charge < -0.3 is 0 Å². The molecule has 4 rings (SSSR count). The topological polar surface area (TPSA) is 0 Å². The second-order valence-corrected chi connectivity index (χ2v) is 5.41. The first kappa shape index (κ1) is 11.3. The van der Waals surface area contributed by atoms with Crippen LogP contribution in [0.5, 0.6) is 0 Å². The Hall–Kier alpha value is -0.170. The van der Waals surface area contributed by atoms with Gasteiger partial charge in [0, 0.05) is 0 Å². The van der Waals surface area contributed by atoms with Gasteiger partial charge in [0.25, 0.3) is 0 Å². The van der Waals surface area contributed by atoms with Crippen LogP contribution in [-0.2, 0) is 0 Å². The van der Waals surface area contributed by atoms with Gasteiger partial charge >= 0.3 is 0 Å². The maximum atomic E-state index is 2.42. The van der Waals surface area contributed by atoms with Crippen molar-refractivity contribution in [3.8, 4) is 0 Å². The van der Waals surface area contributed by atoms with Crippen LogP contribution in [0.1, 0.15) is 51.4 Å². The fraction of sp³-hybridized carbons (Fsp3) is 0.714. The molecule has 2 unspecified atom stereocenters. The fourth-order valence-electron chi connectivity index (χ4n) is 3.37. The molecule has 2 saturated carbocycles. The SMILES string of the molecule is C1=C2CCC(C1)C2.C1=C2CCC(C1)C2.S. The molecule has 4 aliphatic carbocycles. The summed E-state index contributed by atoms with van der Waals surface area (Å²) in [5, 5.41) is 0. The van der Waals surface area contributed by atoms with Crippen molar-refractivity contribution < 1.29 is 0 Å². The second kappa shape index (κ2) is 4.78. The molecule has 2 fully saturated rings. The highest BCUT2D eigenvalue weighted by Gasteiger charge is 2.23. The Morgan fingerprint density at radius 1 is 0.800 bits per heavy atom. The van der Waals surface area contributed by atoms with E-state index in [1.807, 2.05) is 0 Å². The summed E-state index contributed by atoms with van der Waals surface area (Å²) in [5.41, 5.74) is 3.48. The summed E-state index contributed by atoms with van der Waals surface area (Å²) in [5.74, 6) is 2.16. The van der Waals surface area contributed by atoms with E-state index in [1.165, 1.54) is 51.4 Å². The van der Waals surface area contributed by atoms with Crippen LogP contribution in [0.15, 0.2) is 23.3 Å². The van der Waals surface area contributed by atoms with E-state index in [0.29, 0.717) is 0 Å². The highest BCUT2D eigenvalue weighted by Crippen LogP contribution is 2.39. The molecular weight excluding hydrogens is 200 g/mol. The summed E-state index contributed by atoms with van der Waals surface area (Å²) in [4.78, 5) is 0. The fourth-order valence-corrected chi connectivity index (χ4v) is 3.37. The number of rotatable bonds is 0. The summed E-state index contributed by atoms with van der Waals surface area (Å²) < 4.78 is 0. The predicted molar refractivity (Wildman–Crippen MR) is 70.5 cm³/mol. The van der Waals surface area contributed by atoms with Crippen molar-refractivity contribution in [1.29, 1.82) is 0 Å². The minimum atomic E-state index is 0. The Labute approximate surface area is 100 Å². The van der Waals surface area contributed by atoms with Gasteiger partial charge in [-0.05, 0) is 63.2 Å². The number of fused-ring (bicyclic) bond motifs is 4. The molecule has 0 spiro atoms. The van der Waals surface area contributed by atoms with Crippen molar-refractivity contribution in [1.82, 2.24) is 0 Å². The van der Waals surface area contributed by atoms with E-state index >= 15 is 0 Å².